The van der Waals surface area contributed by atoms with Crippen LogP contribution in [0.4, 0.5) is 0 Å². The fourth-order valence-corrected chi connectivity index (χ4v) is 3.16. The van der Waals surface area contributed by atoms with Gasteiger partial charge in [-0.15, -0.1) is 24.0 Å². The molecule has 0 aliphatic carbocycles. The van der Waals surface area contributed by atoms with Crippen molar-refractivity contribution in [3.05, 3.63) is 82.3 Å². The zero-order chi connectivity index (χ0) is 22.9. The predicted octanol–water partition coefficient (Wildman–Crippen LogP) is 1.98. The van der Waals surface area contributed by atoms with Gasteiger partial charge in [0, 0.05) is 43.2 Å². The molecule has 0 amide bonds. The van der Waals surface area contributed by atoms with Gasteiger partial charge in [-0.3, -0.25) is 19.3 Å². The summed E-state index contributed by atoms with van der Waals surface area (Å²) in [5.41, 5.74) is 2.45. The molecule has 3 heterocycles. The number of nitrogens with one attached hydrogen (secondary N) is 1. The maximum absolute atomic E-state index is 10.8. The molecule has 0 radical (unpaired) electrons. The molecule has 31 heavy (non-hydrogen) atoms. The molecule has 0 fully saturated rings. The monoisotopic (exact) mass is 582 g/mol. The van der Waals surface area contributed by atoms with Crippen molar-refractivity contribution in [3.63, 3.8) is 0 Å². The molecule has 0 spiro atoms. The van der Waals surface area contributed by atoms with Crippen LogP contribution >= 0.6 is 24.0 Å². The highest BCUT2D eigenvalue weighted by molar-refractivity contribution is 14.0. The average molecular weight is 582 g/mol. The number of aromatic amines is 1. The van der Waals surface area contributed by atoms with Crippen LogP contribution in [0.15, 0.2) is 70.0 Å². The maximum Gasteiger partial charge on any atom is 0.299 e. The van der Waals surface area contributed by atoms with Crippen LogP contribution in [0.3, 0.4) is 0 Å². The Hall–Kier alpha value is -2.20. The van der Waals surface area contributed by atoms with Crippen molar-refractivity contribution in [2.75, 3.05) is 0 Å². The third-order valence-corrected chi connectivity index (χ3v) is 5.58. The van der Waals surface area contributed by atoms with Crippen LogP contribution in [0.1, 0.15) is 16.7 Å². The number of aromatic nitrogens is 3. The number of aryl methyl sites for hydroxylation is 3. The molecule has 3 rings (SSSR count). The number of hydrogen-bond donors (Lipinski definition) is 3. The second kappa shape index (κ2) is 12.6. The first-order chi connectivity index (χ1) is 13.8. The largest absolute Gasteiger partial charge is 0.366 e. The lowest BCUT2D eigenvalue weighted by Gasteiger charge is -1.99. The van der Waals surface area contributed by atoms with Gasteiger partial charge in [0.25, 0.3) is 10.1 Å². The first kappa shape index (κ1) is 28.8. The topological polar surface area (TPSA) is 173 Å². The lowest BCUT2D eigenvalue weighted by atomic mass is 10.2. The van der Waals surface area contributed by atoms with E-state index < -0.39 is 30.5 Å². The Kier molecular flexibility index (Phi) is 11.7. The molecule has 4 N–H and O–H groups in total. The number of hydrogen-bond acceptors (Lipinski definition) is 7. The molecule has 10 nitrogen and oxygen atoms in total. The summed E-state index contributed by atoms with van der Waals surface area (Å²) < 4.78 is 50.8. The van der Waals surface area contributed by atoms with Gasteiger partial charge in [-0.05, 0) is 49.6 Å². The van der Waals surface area contributed by atoms with Crippen molar-refractivity contribution in [2.45, 2.75) is 30.6 Å². The van der Waals surface area contributed by atoms with E-state index in [1.54, 1.807) is 13.0 Å². The standard InChI is InChI=1S/C7H9N.C6H8N2O2S.C5H5NO4S.HI/c1-6-3-4-8-5-7(6)2;1-5-2-3-8-4-6(5)11(7,9)10;7-4-1-2-6-3-5(4)11(8,9)10;/h3-5H,1-2H3;2-4H,1H3,(H2,7,9,10);1-3H,(H,6,7)(H,8,9,10);1H. The van der Waals surface area contributed by atoms with Gasteiger partial charge in [-0.25, -0.2) is 13.6 Å². The van der Waals surface area contributed by atoms with Gasteiger partial charge < -0.3 is 4.98 Å². The molecule has 0 aromatic carbocycles. The van der Waals surface area contributed by atoms with Crippen LogP contribution in [0.25, 0.3) is 0 Å². The summed E-state index contributed by atoms with van der Waals surface area (Å²) in [6.07, 6.45) is 8.64. The quantitative estimate of drug-likeness (QED) is 0.304. The minimum Gasteiger partial charge on any atom is -0.366 e. The van der Waals surface area contributed by atoms with Crippen molar-refractivity contribution in [1.82, 2.24) is 15.0 Å². The number of nitrogens with two attached hydrogens (primary N) is 1. The molecule has 0 aliphatic heterocycles. The van der Waals surface area contributed by atoms with Gasteiger partial charge in [0.1, 0.15) is 4.90 Å². The summed E-state index contributed by atoms with van der Waals surface area (Å²) in [7, 11) is -7.97. The number of pyridine rings is 3. The van der Waals surface area contributed by atoms with Crippen LogP contribution in [-0.2, 0) is 20.1 Å². The smallest absolute Gasteiger partial charge is 0.299 e. The van der Waals surface area contributed by atoms with E-state index in [2.05, 4.69) is 28.8 Å². The molecule has 0 atom stereocenters. The van der Waals surface area contributed by atoms with Gasteiger partial charge in [0.05, 0.1) is 0 Å². The van der Waals surface area contributed by atoms with Gasteiger partial charge in [0.2, 0.25) is 15.5 Å². The Labute approximate surface area is 197 Å². The van der Waals surface area contributed by atoms with E-state index in [0.29, 0.717) is 5.56 Å². The number of rotatable bonds is 2. The molecule has 0 unspecified atom stereocenters. The van der Waals surface area contributed by atoms with E-state index >= 15 is 0 Å². The highest BCUT2D eigenvalue weighted by atomic mass is 127. The highest BCUT2D eigenvalue weighted by Crippen LogP contribution is 2.09. The Bertz CT molecular complexity index is 1240. The molecular formula is C18H23IN4O6S2. The molecule has 3 aromatic rings. The molecule has 3 aromatic heterocycles. The second-order valence-corrected chi connectivity index (χ2v) is 8.91. The fraction of sp³-hybridized carbons (Fsp3) is 0.167. The number of halogens is 1. The van der Waals surface area contributed by atoms with Crippen LogP contribution in [0, 0.1) is 20.8 Å². The predicted molar refractivity (Wildman–Crippen MR) is 126 cm³/mol. The Balaban J connectivity index is 0.000000434. The second-order valence-electron chi connectivity index (χ2n) is 5.99. The lowest BCUT2D eigenvalue weighted by molar-refractivity contribution is 0.482. The summed E-state index contributed by atoms with van der Waals surface area (Å²) in [6, 6.07) is 4.62. The number of H-pyrrole nitrogens is 1. The average Bonchev–Trinajstić information content (AvgIpc) is 2.64. The first-order valence-electron chi connectivity index (χ1n) is 8.29. The van der Waals surface area contributed by atoms with Crippen molar-refractivity contribution >= 4 is 44.1 Å². The van der Waals surface area contributed by atoms with Crippen molar-refractivity contribution in [2.24, 2.45) is 5.14 Å². The molecule has 0 bridgehead atoms. The fourth-order valence-electron chi connectivity index (χ4n) is 1.89. The SMILES string of the molecule is Cc1ccncc1C.Cc1ccncc1S(N)(=O)=O.I.O=c1cc[nH]cc1S(=O)(=O)O. The van der Waals surface area contributed by atoms with Gasteiger partial charge in [-0.1, -0.05) is 0 Å². The summed E-state index contributed by atoms with van der Waals surface area (Å²) >= 11 is 0. The minimum atomic E-state index is -4.38. The zero-order valence-electron chi connectivity index (χ0n) is 16.9. The third-order valence-electron chi connectivity index (χ3n) is 3.66. The van der Waals surface area contributed by atoms with E-state index in [0.717, 1.165) is 12.3 Å². The normalized spacial score (nSPS) is 10.5. The Morgan fingerprint density at radius 2 is 1.42 bits per heavy atom. The summed E-state index contributed by atoms with van der Waals surface area (Å²) in [5.74, 6) is 0. The van der Waals surface area contributed by atoms with E-state index in [4.69, 9.17) is 9.69 Å². The molecule has 0 aliphatic rings. The summed E-state index contributed by atoms with van der Waals surface area (Å²) in [6.45, 7) is 5.81. The molecule has 13 heteroatoms. The molecule has 170 valence electrons. The molecule has 0 saturated heterocycles. The molecule has 0 saturated carbocycles. The third kappa shape index (κ3) is 10.1. The Morgan fingerprint density at radius 1 is 0.871 bits per heavy atom. The zero-order valence-corrected chi connectivity index (χ0v) is 20.8. The van der Waals surface area contributed by atoms with Crippen LogP contribution in [0.2, 0.25) is 0 Å². The van der Waals surface area contributed by atoms with E-state index in [-0.39, 0.29) is 28.9 Å². The minimum absolute atomic E-state index is 0. The lowest BCUT2D eigenvalue weighted by Crippen LogP contribution is -2.13. The van der Waals surface area contributed by atoms with Crippen LogP contribution in [-0.4, -0.2) is 36.3 Å². The summed E-state index contributed by atoms with van der Waals surface area (Å²) in [5, 5.41) is 4.89. The van der Waals surface area contributed by atoms with E-state index in [1.807, 2.05) is 18.5 Å². The van der Waals surface area contributed by atoms with Crippen molar-refractivity contribution in [3.8, 4) is 0 Å². The number of nitrogens with zero attached hydrogens (tertiary/aromatic N) is 2. The first-order valence-corrected chi connectivity index (χ1v) is 11.3. The Morgan fingerprint density at radius 3 is 1.74 bits per heavy atom. The number of sulfonamides is 1. The van der Waals surface area contributed by atoms with E-state index in [1.165, 1.54) is 29.7 Å². The van der Waals surface area contributed by atoms with Gasteiger partial charge in [-0.2, -0.15) is 8.42 Å². The van der Waals surface area contributed by atoms with Gasteiger partial charge in [0.15, 0.2) is 4.90 Å². The van der Waals surface area contributed by atoms with Crippen molar-refractivity contribution < 1.29 is 21.4 Å². The van der Waals surface area contributed by atoms with Crippen molar-refractivity contribution in [1.29, 1.82) is 0 Å². The van der Waals surface area contributed by atoms with Gasteiger partial charge >= 0.3 is 0 Å². The molecular weight excluding hydrogens is 559 g/mol. The van der Waals surface area contributed by atoms with E-state index in [9.17, 15) is 21.6 Å². The van der Waals surface area contributed by atoms with Crippen LogP contribution < -0.4 is 10.6 Å². The summed E-state index contributed by atoms with van der Waals surface area (Å²) in [4.78, 5) is 20.1. The maximum atomic E-state index is 10.8. The number of primary sulfonamides is 1. The highest BCUT2D eigenvalue weighted by Gasteiger charge is 2.12. The van der Waals surface area contributed by atoms with Crippen LogP contribution in [0.5, 0.6) is 0 Å².